The van der Waals surface area contributed by atoms with Crippen LogP contribution in [0.15, 0.2) is 10.6 Å². The maximum Gasteiger partial charge on any atom is 0.336 e. The zero-order chi connectivity index (χ0) is 27.4. The summed E-state index contributed by atoms with van der Waals surface area (Å²) >= 11 is 6.51. The molecule has 1 aromatic heterocycles. The molecule has 2 aromatic rings. The number of ether oxygens (including phenoxy) is 1. The Morgan fingerprint density at radius 3 is 2.44 bits per heavy atom. The van der Waals surface area contributed by atoms with Crippen molar-refractivity contribution in [2.75, 3.05) is 12.9 Å². The van der Waals surface area contributed by atoms with E-state index in [0.717, 1.165) is 0 Å². The van der Waals surface area contributed by atoms with Gasteiger partial charge in [0.15, 0.2) is 10.9 Å². The summed E-state index contributed by atoms with van der Waals surface area (Å²) in [5.41, 5.74) is 7.07. The van der Waals surface area contributed by atoms with E-state index in [1.54, 1.807) is 13.8 Å². The Morgan fingerprint density at radius 1 is 1.33 bits per heavy atom. The van der Waals surface area contributed by atoms with Gasteiger partial charge in [-0.1, -0.05) is 32.9 Å². The van der Waals surface area contributed by atoms with Gasteiger partial charge in [-0.25, -0.2) is 4.79 Å². The predicted octanol–water partition coefficient (Wildman–Crippen LogP) is 5.22. The van der Waals surface area contributed by atoms with Crippen molar-refractivity contribution in [3.05, 3.63) is 34.5 Å². The Labute approximate surface area is 224 Å². The Balaban J connectivity index is 2.47. The molecule has 0 aliphatic carbocycles. The van der Waals surface area contributed by atoms with Gasteiger partial charge < -0.3 is 29.8 Å². The number of nitrogens with two attached hydrogens (primary N) is 1. The number of rotatable bonds is 12. The predicted molar refractivity (Wildman–Crippen MR) is 150 cm³/mol. The molecule has 1 atom stereocenters. The summed E-state index contributed by atoms with van der Waals surface area (Å²) in [6.07, 6.45) is 0. The molecule has 1 heterocycles. The lowest BCUT2D eigenvalue weighted by Gasteiger charge is -2.43. The molecule has 0 saturated carbocycles. The number of aryl methyl sites for hydroxylation is 1. The van der Waals surface area contributed by atoms with Crippen molar-refractivity contribution >= 4 is 43.4 Å². The third-order valence-electron chi connectivity index (χ3n) is 7.09. The van der Waals surface area contributed by atoms with Crippen molar-refractivity contribution < 1.29 is 23.6 Å². The number of nitrogens with one attached hydrogen (secondary N) is 1. The lowest BCUT2D eigenvalue weighted by molar-refractivity contribution is 0.0694. The largest absolute Gasteiger partial charge is 0.543 e. The van der Waals surface area contributed by atoms with Gasteiger partial charge >= 0.3 is 5.97 Å². The zero-order valence-corrected chi connectivity index (χ0v) is 25.1. The normalized spacial score (nSPS) is 12.9. The first-order chi connectivity index (χ1) is 16.6. The summed E-state index contributed by atoms with van der Waals surface area (Å²) in [5, 5.41) is 17.0. The van der Waals surface area contributed by atoms with Gasteiger partial charge in [-0.15, -0.1) is 0 Å². The van der Waals surface area contributed by atoms with Gasteiger partial charge in [0.05, 0.1) is 12.7 Å². The van der Waals surface area contributed by atoms with E-state index < -0.39 is 20.3 Å². The van der Waals surface area contributed by atoms with Gasteiger partial charge in [0.25, 0.3) is 8.32 Å². The summed E-state index contributed by atoms with van der Waals surface area (Å²) < 4.78 is 17.6. The minimum absolute atomic E-state index is 0.0689. The third-order valence-corrected chi connectivity index (χ3v) is 12.7. The fourth-order valence-corrected chi connectivity index (χ4v) is 7.30. The monoisotopic (exact) mass is 554 g/mol. The Hall–Kier alpha value is -2.31. The Morgan fingerprint density at radius 2 is 1.97 bits per heavy atom. The molecular formula is C24H38N4O5S2Si. The number of aromatic carboxylic acids is 1. The lowest BCUT2D eigenvalue weighted by atomic mass is 9.99. The molecule has 2 rings (SSSR count). The molecule has 4 N–H and O–H groups in total. The minimum atomic E-state index is -2.35. The van der Waals surface area contributed by atoms with Crippen LogP contribution in [0.5, 0.6) is 11.5 Å². The molecule has 200 valence electrons. The summed E-state index contributed by atoms with van der Waals surface area (Å²) in [5.74, 6) is 2.07. The van der Waals surface area contributed by atoms with Crippen LogP contribution in [0.2, 0.25) is 18.1 Å². The van der Waals surface area contributed by atoms with E-state index in [0.29, 0.717) is 51.8 Å². The van der Waals surface area contributed by atoms with Crippen molar-refractivity contribution in [3.63, 3.8) is 0 Å². The first-order valence-corrected chi connectivity index (χ1v) is 16.2. The van der Waals surface area contributed by atoms with E-state index in [2.05, 4.69) is 56.2 Å². The summed E-state index contributed by atoms with van der Waals surface area (Å²) in [4.78, 5) is 16.7. The SMILES string of the molecule is COc1cc(O[Si](C)(C)C(C)(C)C(C)C)c(CSC[C@H](NC(N)=S)c2nc(C)no2)c(C(=O)O)c1C. The molecule has 0 saturated heterocycles. The molecule has 36 heavy (non-hydrogen) atoms. The van der Waals surface area contributed by atoms with Crippen LogP contribution in [0.1, 0.15) is 66.9 Å². The number of thioether (sulfide) groups is 1. The molecule has 0 aliphatic heterocycles. The van der Waals surface area contributed by atoms with E-state index in [-0.39, 0.29) is 15.7 Å². The summed E-state index contributed by atoms with van der Waals surface area (Å²) in [7, 11) is -0.814. The maximum atomic E-state index is 12.4. The second kappa shape index (κ2) is 11.8. The average Bonchev–Trinajstić information content (AvgIpc) is 3.19. The minimum Gasteiger partial charge on any atom is -0.543 e. The van der Waals surface area contributed by atoms with Crippen LogP contribution >= 0.6 is 24.0 Å². The molecule has 0 fully saturated rings. The smallest absolute Gasteiger partial charge is 0.336 e. The van der Waals surface area contributed by atoms with Crippen molar-refractivity contribution in [2.24, 2.45) is 11.7 Å². The number of aromatic nitrogens is 2. The quantitative estimate of drug-likeness (QED) is 0.235. The number of benzene rings is 1. The van der Waals surface area contributed by atoms with Gasteiger partial charge in [0.1, 0.15) is 17.5 Å². The van der Waals surface area contributed by atoms with Crippen LogP contribution in [0, 0.1) is 19.8 Å². The fourth-order valence-electron chi connectivity index (χ4n) is 3.70. The van der Waals surface area contributed by atoms with Crippen molar-refractivity contribution in [2.45, 2.75) is 71.5 Å². The van der Waals surface area contributed by atoms with E-state index in [9.17, 15) is 9.90 Å². The van der Waals surface area contributed by atoms with E-state index in [1.807, 2.05) is 6.07 Å². The summed E-state index contributed by atoms with van der Waals surface area (Å²) in [6, 6.07) is 1.39. The number of thiocarbonyl (C=S) groups is 1. The third kappa shape index (κ3) is 6.71. The molecule has 0 bridgehead atoms. The molecule has 0 radical (unpaired) electrons. The maximum absolute atomic E-state index is 12.4. The van der Waals surface area contributed by atoms with Gasteiger partial charge in [-0.3, -0.25) is 0 Å². The molecule has 9 nitrogen and oxygen atoms in total. The van der Waals surface area contributed by atoms with E-state index in [4.69, 9.17) is 31.6 Å². The number of methoxy groups -OCH3 is 1. The summed E-state index contributed by atoms with van der Waals surface area (Å²) in [6.45, 7) is 16.6. The lowest BCUT2D eigenvalue weighted by Crippen LogP contribution is -2.48. The van der Waals surface area contributed by atoms with E-state index in [1.165, 1.54) is 18.9 Å². The van der Waals surface area contributed by atoms with Crippen LogP contribution in [0.4, 0.5) is 0 Å². The molecule has 0 unspecified atom stereocenters. The van der Waals surface area contributed by atoms with E-state index >= 15 is 0 Å². The number of hydrogen-bond donors (Lipinski definition) is 3. The van der Waals surface area contributed by atoms with Gasteiger partial charge in [0, 0.05) is 28.7 Å². The zero-order valence-electron chi connectivity index (χ0n) is 22.5. The highest BCUT2D eigenvalue weighted by atomic mass is 32.2. The molecule has 12 heteroatoms. The molecule has 0 amide bonds. The molecular weight excluding hydrogens is 517 g/mol. The number of carboxylic acid groups (broad SMARTS) is 1. The van der Waals surface area contributed by atoms with Crippen LogP contribution in [-0.2, 0) is 5.75 Å². The standard InChI is InChI=1S/C24H38N4O5S2Si/c1-13(2)24(5,6)36(8,9)33-19-10-18(31-7)14(3)20(22(29)30)16(19)11-35-12-17(27-23(25)34)21-26-15(4)28-32-21/h10,13,17H,11-12H2,1-9H3,(H,29,30)(H3,25,27,34)/t17-/m0/s1. The van der Waals surface area contributed by atoms with Crippen LogP contribution in [0.3, 0.4) is 0 Å². The average molecular weight is 555 g/mol. The number of carboxylic acids is 1. The van der Waals surface area contributed by atoms with Crippen molar-refractivity contribution in [1.29, 1.82) is 0 Å². The van der Waals surface area contributed by atoms with Crippen molar-refractivity contribution in [3.8, 4) is 11.5 Å². The number of nitrogens with zero attached hydrogens (tertiary/aromatic N) is 2. The molecule has 0 spiro atoms. The van der Waals surface area contributed by atoms with Gasteiger partial charge in [0.2, 0.25) is 5.89 Å². The highest BCUT2D eigenvalue weighted by Crippen LogP contribution is 2.46. The van der Waals surface area contributed by atoms with Crippen LogP contribution < -0.4 is 20.2 Å². The van der Waals surface area contributed by atoms with Gasteiger partial charge in [-0.2, -0.15) is 16.7 Å². The van der Waals surface area contributed by atoms with Gasteiger partial charge in [-0.05, 0) is 50.1 Å². The first kappa shape index (κ1) is 29.9. The first-order valence-electron chi connectivity index (χ1n) is 11.7. The fraction of sp³-hybridized carbons (Fsp3) is 0.583. The second-order valence-corrected chi connectivity index (χ2v) is 16.1. The van der Waals surface area contributed by atoms with Crippen LogP contribution in [-0.4, -0.2) is 47.5 Å². The Kier molecular flexibility index (Phi) is 9.82. The highest BCUT2D eigenvalue weighted by molar-refractivity contribution is 7.98. The number of hydrogen-bond acceptors (Lipinski definition) is 8. The highest BCUT2D eigenvalue weighted by Gasteiger charge is 2.45. The number of carbonyl (C=O) groups is 1. The van der Waals surface area contributed by atoms with Crippen molar-refractivity contribution in [1.82, 2.24) is 15.5 Å². The topological polar surface area (TPSA) is 133 Å². The Bertz CT molecular complexity index is 1100. The molecule has 1 aromatic carbocycles. The molecule has 0 aliphatic rings. The second-order valence-electron chi connectivity index (χ2n) is 10.1. The van der Waals surface area contributed by atoms with Crippen LogP contribution in [0.25, 0.3) is 0 Å².